The van der Waals surface area contributed by atoms with Crippen LogP contribution in [0.1, 0.15) is 57.1 Å². The summed E-state index contributed by atoms with van der Waals surface area (Å²) >= 11 is 0. The molecule has 0 unspecified atom stereocenters. The smallest absolute Gasteiger partial charge is 0.368 e. The minimum Gasteiger partial charge on any atom is -0.368 e. The number of halogens is 3. The van der Waals surface area contributed by atoms with E-state index in [1.165, 1.54) is 28.8 Å². The molecule has 2 fully saturated rings. The van der Waals surface area contributed by atoms with E-state index in [0.29, 0.717) is 37.8 Å². The maximum absolute atomic E-state index is 13.9. The molecule has 3 aromatic carbocycles. The summed E-state index contributed by atoms with van der Waals surface area (Å²) in [6.45, 7) is 9.26. The number of nitrogens with zero attached hydrogens (tertiary/aromatic N) is 3. The minimum absolute atomic E-state index is 0.0151. The summed E-state index contributed by atoms with van der Waals surface area (Å²) < 4.78 is 38.9. The Hall–Kier alpha value is -3.78. The Kier molecular flexibility index (Phi) is 7.75. The summed E-state index contributed by atoms with van der Waals surface area (Å²) in [5, 5.41) is 1.08. The van der Waals surface area contributed by atoms with Gasteiger partial charge in [0.15, 0.2) is 0 Å². The highest BCUT2D eigenvalue weighted by Gasteiger charge is 2.31. The fraction of sp³-hybridized carbons (Fsp3) is 0.382. The number of piperazine rings is 1. The van der Waals surface area contributed by atoms with Crippen LogP contribution in [-0.2, 0) is 12.7 Å². The van der Waals surface area contributed by atoms with Crippen LogP contribution in [0.3, 0.4) is 0 Å². The molecule has 2 aliphatic heterocycles. The highest BCUT2D eigenvalue weighted by atomic mass is 19.4. The molecule has 1 aromatic heterocycles. The third-order valence-electron chi connectivity index (χ3n) is 9.07. The number of likely N-dealkylation sites (tertiary alicyclic amines) is 1. The second-order valence-corrected chi connectivity index (χ2v) is 11.7. The van der Waals surface area contributed by atoms with Gasteiger partial charge in [0, 0.05) is 54.9 Å². The molecule has 0 spiro atoms. The van der Waals surface area contributed by atoms with Crippen molar-refractivity contribution in [3.8, 4) is 0 Å². The molecule has 2 saturated heterocycles. The molecule has 8 heteroatoms. The summed E-state index contributed by atoms with van der Waals surface area (Å²) in [6, 6.07) is 19.9. The lowest BCUT2D eigenvalue weighted by Gasteiger charge is -2.36. The molecule has 220 valence electrons. The van der Waals surface area contributed by atoms with Gasteiger partial charge in [0.05, 0.1) is 5.56 Å². The van der Waals surface area contributed by atoms with E-state index >= 15 is 0 Å². The molecule has 0 aliphatic carbocycles. The van der Waals surface area contributed by atoms with Crippen molar-refractivity contribution in [2.75, 3.05) is 44.2 Å². The van der Waals surface area contributed by atoms with E-state index in [0.717, 1.165) is 66.8 Å². The number of amides is 1. The van der Waals surface area contributed by atoms with Crippen LogP contribution < -0.4 is 4.90 Å². The average Bonchev–Trinajstić information content (AvgIpc) is 3.35. The number of carbonyl (C=O) groups excluding carboxylic acids is 1. The standard InChI is InChI=1S/C34H37F3N4O/c1-23-6-5-7-24(2)31(23)25-14-16-39(17-15-25)22-29-28-8-3-4-9-30(28)38-32(29)33(42)41-20-18-40(19-21-41)27-12-10-26(11-13-27)34(35,36)37/h3-13,25,38H,14-22H2,1-2H3. The first-order valence-corrected chi connectivity index (χ1v) is 14.8. The van der Waals surface area contributed by atoms with Gasteiger partial charge in [-0.15, -0.1) is 0 Å². The molecule has 5 nitrogen and oxygen atoms in total. The number of aromatic nitrogens is 1. The number of anilines is 1. The molecule has 3 heterocycles. The number of rotatable bonds is 5. The normalized spacial score (nSPS) is 17.3. The van der Waals surface area contributed by atoms with Gasteiger partial charge in [-0.05, 0) is 92.7 Å². The fourth-order valence-corrected chi connectivity index (χ4v) is 6.81. The first kappa shape index (κ1) is 28.3. The van der Waals surface area contributed by atoms with Crippen LogP contribution in [0.15, 0.2) is 66.7 Å². The van der Waals surface area contributed by atoms with Crippen LogP contribution in [0.4, 0.5) is 18.9 Å². The van der Waals surface area contributed by atoms with Crippen LogP contribution in [0.5, 0.6) is 0 Å². The number of para-hydroxylation sites is 1. The number of carbonyl (C=O) groups is 1. The second-order valence-electron chi connectivity index (χ2n) is 11.7. The number of piperidine rings is 1. The summed E-state index contributed by atoms with van der Waals surface area (Å²) in [4.78, 5) is 23.7. The van der Waals surface area contributed by atoms with E-state index in [-0.39, 0.29) is 5.91 Å². The lowest BCUT2D eigenvalue weighted by molar-refractivity contribution is -0.137. The minimum atomic E-state index is -4.35. The highest BCUT2D eigenvalue weighted by molar-refractivity contribution is 6.01. The zero-order chi connectivity index (χ0) is 29.4. The Bertz CT molecular complexity index is 1540. The molecule has 2 aliphatic rings. The fourth-order valence-electron chi connectivity index (χ4n) is 6.81. The number of hydrogen-bond acceptors (Lipinski definition) is 3. The average molecular weight is 575 g/mol. The Morgan fingerprint density at radius 1 is 0.833 bits per heavy atom. The summed E-state index contributed by atoms with van der Waals surface area (Å²) in [7, 11) is 0. The molecular formula is C34H37F3N4O. The summed E-state index contributed by atoms with van der Waals surface area (Å²) in [5.74, 6) is 0.547. The molecule has 4 aromatic rings. The van der Waals surface area contributed by atoms with Crippen molar-refractivity contribution in [3.63, 3.8) is 0 Å². The molecular weight excluding hydrogens is 537 g/mol. The van der Waals surface area contributed by atoms with E-state index < -0.39 is 11.7 Å². The molecule has 0 radical (unpaired) electrons. The number of aromatic amines is 1. The van der Waals surface area contributed by atoms with E-state index in [1.807, 2.05) is 28.0 Å². The Morgan fingerprint density at radius 3 is 2.12 bits per heavy atom. The monoisotopic (exact) mass is 574 g/mol. The van der Waals surface area contributed by atoms with Gasteiger partial charge in [-0.1, -0.05) is 36.4 Å². The van der Waals surface area contributed by atoms with Crippen molar-refractivity contribution in [3.05, 3.63) is 100 Å². The number of nitrogens with one attached hydrogen (secondary N) is 1. The van der Waals surface area contributed by atoms with Crippen molar-refractivity contribution >= 4 is 22.5 Å². The van der Waals surface area contributed by atoms with Crippen LogP contribution in [-0.4, -0.2) is 60.0 Å². The Morgan fingerprint density at radius 2 is 1.48 bits per heavy atom. The molecule has 42 heavy (non-hydrogen) atoms. The topological polar surface area (TPSA) is 42.6 Å². The van der Waals surface area contributed by atoms with E-state index in [1.54, 1.807) is 0 Å². The van der Waals surface area contributed by atoms with Crippen molar-refractivity contribution in [1.29, 1.82) is 0 Å². The SMILES string of the molecule is Cc1cccc(C)c1C1CCN(Cc2c(C(=O)N3CCN(c4ccc(C(F)(F)F)cc4)CC3)[nH]c3ccccc23)CC1. The molecule has 0 saturated carbocycles. The molecule has 1 N–H and O–H groups in total. The van der Waals surface area contributed by atoms with Crippen molar-refractivity contribution in [2.24, 2.45) is 0 Å². The predicted octanol–water partition coefficient (Wildman–Crippen LogP) is 7.15. The van der Waals surface area contributed by atoms with Gasteiger partial charge >= 0.3 is 6.18 Å². The van der Waals surface area contributed by atoms with Crippen LogP contribution in [0, 0.1) is 13.8 Å². The van der Waals surface area contributed by atoms with E-state index in [2.05, 4.69) is 48.0 Å². The lowest BCUT2D eigenvalue weighted by Crippen LogP contribution is -2.49. The maximum Gasteiger partial charge on any atom is 0.416 e. The van der Waals surface area contributed by atoms with Gasteiger partial charge in [0.25, 0.3) is 5.91 Å². The summed E-state index contributed by atoms with van der Waals surface area (Å²) in [6.07, 6.45) is -2.15. The quantitative estimate of drug-likeness (QED) is 0.275. The third-order valence-corrected chi connectivity index (χ3v) is 9.07. The van der Waals surface area contributed by atoms with E-state index in [9.17, 15) is 18.0 Å². The van der Waals surface area contributed by atoms with Crippen LogP contribution in [0.25, 0.3) is 10.9 Å². The zero-order valence-electron chi connectivity index (χ0n) is 24.2. The van der Waals surface area contributed by atoms with Gasteiger partial charge in [-0.25, -0.2) is 0 Å². The van der Waals surface area contributed by atoms with E-state index in [4.69, 9.17) is 0 Å². The highest BCUT2D eigenvalue weighted by Crippen LogP contribution is 2.35. The van der Waals surface area contributed by atoms with Gasteiger partial charge in [0.2, 0.25) is 0 Å². The molecule has 0 bridgehead atoms. The maximum atomic E-state index is 13.9. The van der Waals surface area contributed by atoms with Gasteiger partial charge in [0.1, 0.15) is 5.69 Å². The second kappa shape index (κ2) is 11.5. The van der Waals surface area contributed by atoms with Crippen LogP contribution >= 0.6 is 0 Å². The number of benzene rings is 3. The summed E-state index contributed by atoms with van der Waals surface area (Å²) in [5.41, 5.74) is 6.99. The number of alkyl halides is 3. The first-order chi connectivity index (χ1) is 20.2. The van der Waals surface area contributed by atoms with Crippen molar-refractivity contribution < 1.29 is 18.0 Å². The lowest BCUT2D eigenvalue weighted by atomic mass is 9.84. The van der Waals surface area contributed by atoms with Crippen molar-refractivity contribution in [2.45, 2.75) is 45.3 Å². The number of fused-ring (bicyclic) bond motifs is 1. The Balaban J connectivity index is 1.14. The largest absolute Gasteiger partial charge is 0.416 e. The molecule has 0 atom stereocenters. The van der Waals surface area contributed by atoms with Gasteiger partial charge < -0.3 is 14.8 Å². The van der Waals surface area contributed by atoms with Crippen LogP contribution in [0.2, 0.25) is 0 Å². The number of H-pyrrole nitrogens is 1. The van der Waals surface area contributed by atoms with Gasteiger partial charge in [-0.3, -0.25) is 9.69 Å². The van der Waals surface area contributed by atoms with Crippen molar-refractivity contribution in [1.82, 2.24) is 14.8 Å². The zero-order valence-corrected chi connectivity index (χ0v) is 24.2. The first-order valence-electron chi connectivity index (χ1n) is 14.8. The number of aryl methyl sites for hydroxylation is 2. The Labute approximate surface area is 244 Å². The number of hydrogen-bond donors (Lipinski definition) is 1. The third kappa shape index (κ3) is 5.64. The molecule has 1 amide bonds. The molecule has 6 rings (SSSR count). The van der Waals surface area contributed by atoms with Gasteiger partial charge in [-0.2, -0.15) is 13.2 Å². The predicted molar refractivity (Wildman–Crippen MR) is 161 cm³/mol.